The maximum atomic E-state index is 12.1. The molecule has 6 heteroatoms. The van der Waals surface area contributed by atoms with E-state index >= 15 is 0 Å². The SMILES string of the molecule is COP(=O)(OC)C(C(=O)Cl)c1ccccc1. The maximum absolute atomic E-state index is 12.1. The molecule has 0 fully saturated rings. The molecule has 4 nitrogen and oxygen atoms in total. The third kappa shape index (κ3) is 2.71. The molecule has 1 unspecified atom stereocenters. The molecule has 88 valence electrons. The molecule has 0 heterocycles. The smallest absolute Gasteiger partial charge is 0.311 e. The van der Waals surface area contributed by atoms with Gasteiger partial charge in [-0.15, -0.1) is 0 Å². The summed E-state index contributed by atoms with van der Waals surface area (Å²) in [5.74, 6) is 0. The second kappa shape index (κ2) is 5.60. The first kappa shape index (κ1) is 13.4. The Hall–Kier alpha value is -0.670. The summed E-state index contributed by atoms with van der Waals surface area (Å²) in [5, 5.41) is -0.766. The molecule has 0 spiro atoms. The molecular formula is C10H12ClO4P. The third-order valence-electron chi connectivity index (χ3n) is 2.16. The van der Waals surface area contributed by atoms with Gasteiger partial charge >= 0.3 is 7.60 Å². The molecule has 1 aromatic carbocycles. The van der Waals surface area contributed by atoms with E-state index in [4.69, 9.17) is 20.6 Å². The minimum atomic E-state index is -3.55. The largest absolute Gasteiger partial charge is 0.346 e. The predicted molar refractivity (Wildman–Crippen MR) is 61.7 cm³/mol. The van der Waals surface area contributed by atoms with Gasteiger partial charge in [-0.05, 0) is 17.2 Å². The van der Waals surface area contributed by atoms with Gasteiger partial charge in [0, 0.05) is 14.2 Å². The Bertz CT molecular complexity index is 399. The van der Waals surface area contributed by atoms with Crippen LogP contribution in [-0.2, 0) is 18.4 Å². The Morgan fingerprint density at radius 2 is 1.75 bits per heavy atom. The zero-order valence-corrected chi connectivity index (χ0v) is 10.6. The quantitative estimate of drug-likeness (QED) is 0.605. The van der Waals surface area contributed by atoms with Crippen LogP contribution in [0.2, 0.25) is 0 Å². The standard InChI is InChI=1S/C10H12ClO4P/c1-14-16(13,15-2)9(10(11)12)8-6-4-3-5-7-8/h3-7,9H,1-2H3. The topological polar surface area (TPSA) is 52.6 Å². The Morgan fingerprint density at radius 1 is 1.25 bits per heavy atom. The summed E-state index contributed by atoms with van der Waals surface area (Å²) >= 11 is 5.45. The molecule has 0 aliphatic heterocycles. The van der Waals surface area contributed by atoms with E-state index in [1.807, 2.05) is 0 Å². The van der Waals surface area contributed by atoms with E-state index in [2.05, 4.69) is 0 Å². The van der Waals surface area contributed by atoms with E-state index < -0.39 is 18.5 Å². The Balaban J connectivity index is 3.20. The Kier molecular flexibility index (Phi) is 4.69. The molecule has 0 saturated carbocycles. The molecule has 0 aromatic heterocycles. The van der Waals surface area contributed by atoms with Crippen molar-refractivity contribution < 1.29 is 18.4 Å². The summed E-state index contributed by atoms with van der Waals surface area (Å²) in [6.07, 6.45) is 0. The first-order chi connectivity index (χ1) is 7.55. The van der Waals surface area contributed by atoms with E-state index in [9.17, 15) is 9.36 Å². The van der Waals surface area contributed by atoms with Gasteiger partial charge in [0.1, 0.15) is 0 Å². The maximum Gasteiger partial charge on any atom is 0.346 e. The van der Waals surface area contributed by atoms with Crippen molar-refractivity contribution in [3.8, 4) is 0 Å². The highest BCUT2D eigenvalue weighted by Crippen LogP contribution is 2.60. The number of carbonyl (C=O) groups is 1. The molecule has 16 heavy (non-hydrogen) atoms. The monoisotopic (exact) mass is 262 g/mol. The molecular weight excluding hydrogens is 251 g/mol. The molecule has 0 aliphatic carbocycles. The van der Waals surface area contributed by atoms with Crippen molar-refractivity contribution in [1.82, 2.24) is 0 Å². The summed E-state index contributed by atoms with van der Waals surface area (Å²) in [6, 6.07) is 8.52. The van der Waals surface area contributed by atoms with Crippen LogP contribution in [0.15, 0.2) is 30.3 Å². The highest BCUT2D eigenvalue weighted by atomic mass is 35.5. The Morgan fingerprint density at radius 3 is 2.12 bits per heavy atom. The summed E-state index contributed by atoms with van der Waals surface area (Å²) < 4.78 is 21.7. The predicted octanol–water partition coefficient (Wildman–Crippen LogP) is 2.98. The molecule has 0 saturated heterocycles. The van der Waals surface area contributed by atoms with Crippen LogP contribution in [-0.4, -0.2) is 19.5 Å². The first-order valence-corrected chi connectivity index (χ1v) is 6.49. The molecule has 0 amide bonds. The number of hydrogen-bond donors (Lipinski definition) is 0. The minimum absolute atomic E-state index is 0.509. The molecule has 0 bridgehead atoms. The fraction of sp³-hybridized carbons (Fsp3) is 0.300. The van der Waals surface area contributed by atoms with E-state index in [0.717, 1.165) is 0 Å². The second-order valence-electron chi connectivity index (χ2n) is 3.02. The van der Waals surface area contributed by atoms with Crippen LogP contribution >= 0.6 is 19.2 Å². The second-order valence-corrected chi connectivity index (χ2v) is 5.72. The molecule has 0 aliphatic rings. The fourth-order valence-electron chi connectivity index (χ4n) is 1.36. The molecule has 1 aromatic rings. The van der Waals surface area contributed by atoms with Crippen molar-refractivity contribution >= 4 is 24.4 Å². The zero-order chi connectivity index (χ0) is 12.2. The van der Waals surface area contributed by atoms with Crippen LogP contribution < -0.4 is 0 Å². The zero-order valence-electron chi connectivity index (χ0n) is 8.92. The van der Waals surface area contributed by atoms with Crippen molar-refractivity contribution in [2.24, 2.45) is 0 Å². The summed E-state index contributed by atoms with van der Waals surface area (Å²) in [7, 11) is -1.11. The third-order valence-corrected chi connectivity index (χ3v) is 4.71. The molecule has 1 rings (SSSR count). The molecule has 0 N–H and O–H groups in total. The molecule has 0 radical (unpaired) electrons. The number of rotatable bonds is 5. The van der Waals surface area contributed by atoms with Gasteiger partial charge in [-0.25, -0.2) is 0 Å². The lowest BCUT2D eigenvalue weighted by Gasteiger charge is -2.21. The highest BCUT2D eigenvalue weighted by Gasteiger charge is 2.40. The van der Waals surface area contributed by atoms with E-state index in [-0.39, 0.29) is 0 Å². The lowest BCUT2D eigenvalue weighted by atomic mass is 10.2. The van der Waals surface area contributed by atoms with Gasteiger partial charge in [0.05, 0.1) is 0 Å². The van der Waals surface area contributed by atoms with Crippen LogP contribution in [0, 0.1) is 0 Å². The molecule has 1 atom stereocenters. The summed E-state index contributed by atoms with van der Waals surface area (Å²) in [4.78, 5) is 11.3. The normalized spacial score (nSPS) is 13.4. The van der Waals surface area contributed by atoms with Gasteiger partial charge in [-0.1, -0.05) is 30.3 Å². The summed E-state index contributed by atoms with van der Waals surface area (Å²) in [6.45, 7) is 0. The van der Waals surface area contributed by atoms with Crippen LogP contribution in [0.1, 0.15) is 11.2 Å². The lowest BCUT2D eigenvalue weighted by molar-refractivity contribution is -0.111. The van der Waals surface area contributed by atoms with Crippen molar-refractivity contribution in [2.45, 2.75) is 5.66 Å². The van der Waals surface area contributed by atoms with Crippen molar-refractivity contribution in [2.75, 3.05) is 14.2 Å². The van der Waals surface area contributed by atoms with E-state index in [0.29, 0.717) is 5.56 Å². The van der Waals surface area contributed by atoms with Gasteiger partial charge < -0.3 is 9.05 Å². The van der Waals surface area contributed by atoms with Crippen LogP contribution in [0.25, 0.3) is 0 Å². The van der Waals surface area contributed by atoms with Gasteiger partial charge in [-0.2, -0.15) is 0 Å². The van der Waals surface area contributed by atoms with Crippen LogP contribution in [0.5, 0.6) is 0 Å². The Labute approximate surface area is 99.0 Å². The van der Waals surface area contributed by atoms with E-state index in [1.165, 1.54) is 14.2 Å². The van der Waals surface area contributed by atoms with Crippen molar-refractivity contribution in [3.63, 3.8) is 0 Å². The number of carbonyl (C=O) groups excluding carboxylic acids is 1. The van der Waals surface area contributed by atoms with Gasteiger partial charge in [-0.3, -0.25) is 9.36 Å². The van der Waals surface area contributed by atoms with Crippen molar-refractivity contribution in [3.05, 3.63) is 35.9 Å². The van der Waals surface area contributed by atoms with Gasteiger partial charge in [0.25, 0.3) is 0 Å². The minimum Gasteiger partial charge on any atom is -0.311 e. The van der Waals surface area contributed by atoms with Crippen LogP contribution in [0.4, 0.5) is 0 Å². The first-order valence-electron chi connectivity index (χ1n) is 4.50. The number of halogens is 1. The van der Waals surface area contributed by atoms with E-state index in [1.54, 1.807) is 30.3 Å². The average molecular weight is 263 g/mol. The number of hydrogen-bond acceptors (Lipinski definition) is 4. The fourth-order valence-corrected chi connectivity index (χ4v) is 3.20. The highest BCUT2D eigenvalue weighted by molar-refractivity contribution is 7.55. The summed E-state index contributed by atoms with van der Waals surface area (Å²) in [5.41, 5.74) is -0.583. The van der Waals surface area contributed by atoms with Crippen molar-refractivity contribution in [1.29, 1.82) is 0 Å². The average Bonchev–Trinajstić information content (AvgIpc) is 2.30. The number of benzene rings is 1. The van der Waals surface area contributed by atoms with Gasteiger partial charge in [0.2, 0.25) is 5.24 Å². The van der Waals surface area contributed by atoms with Crippen LogP contribution in [0.3, 0.4) is 0 Å². The lowest BCUT2D eigenvalue weighted by Crippen LogP contribution is -2.10. The van der Waals surface area contributed by atoms with Gasteiger partial charge in [0.15, 0.2) is 5.66 Å².